The molecule has 2 nitrogen and oxygen atoms in total. The van der Waals surface area contributed by atoms with Crippen molar-refractivity contribution >= 4 is 0 Å². The van der Waals surface area contributed by atoms with E-state index < -0.39 is 0 Å². The Kier molecular flexibility index (Phi) is 4.56. The predicted octanol–water partition coefficient (Wildman–Crippen LogP) is 5.48. The molecule has 4 saturated carbocycles. The maximum atomic E-state index is 10.3. The maximum absolute atomic E-state index is 10.3. The van der Waals surface area contributed by atoms with Crippen molar-refractivity contribution in [2.24, 2.45) is 40.9 Å². The van der Waals surface area contributed by atoms with Gasteiger partial charge in [-0.1, -0.05) is 25.5 Å². The third-order valence-corrected chi connectivity index (χ3v) is 10.1. The molecule has 0 aromatic carbocycles. The third-order valence-electron chi connectivity index (χ3n) is 10.1. The molecule has 4 fully saturated rings. The molecule has 0 spiro atoms. The SMILES string of the molecule is C[C@H](CCC1(O)CC1)[C@H]1CC[C@H]2[C@H]3CC=C4C[C@@H](O)CC[C@@H]4[C@H]3CC[C@]12C. The molecule has 152 valence electrons. The number of aliphatic hydroxyl groups is 2. The van der Waals surface area contributed by atoms with Crippen LogP contribution in [0.2, 0.25) is 0 Å². The number of allylic oxidation sites excluding steroid dienone is 1. The summed E-state index contributed by atoms with van der Waals surface area (Å²) in [7, 11) is 0. The van der Waals surface area contributed by atoms with Gasteiger partial charge < -0.3 is 10.2 Å². The van der Waals surface area contributed by atoms with Crippen LogP contribution in [-0.4, -0.2) is 21.9 Å². The van der Waals surface area contributed by atoms with E-state index in [-0.39, 0.29) is 11.7 Å². The van der Waals surface area contributed by atoms with E-state index in [2.05, 4.69) is 19.9 Å². The standard InChI is InChI=1S/C25H40O2/c1-16(9-12-25(27)13-14-25)22-7-8-23-21-5-3-17-15-18(26)4-6-19(17)20(21)10-11-24(22,23)2/h3,16,18-23,26-27H,4-15H2,1-2H3/t16-,18+,19+,20-,21+,22-,23+,24-/m1/s1. The fourth-order valence-electron chi connectivity index (χ4n) is 8.32. The molecular weight excluding hydrogens is 332 g/mol. The van der Waals surface area contributed by atoms with Crippen LogP contribution in [0.3, 0.4) is 0 Å². The normalized spacial score (nSPS) is 48.8. The molecule has 0 amide bonds. The van der Waals surface area contributed by atoms with Crippen LogP contribution in [0.25, 0.3) is 0 Å². The number of hydrogen-bond acceptors (Lipinski definition) is 2. The van der Waals surface area contributed by atoms with E-state index in [4.69, 9.17) is 0 Å². The number of aliphatic hydroxyl groups excluding tert-OH is 1. The number of hydrogen-bond donors (Lipinski definition) is 2. The summed E-state index contributed by atoms with van der Waals surface area (Å²) in [6, 6.07) is 0. The summed E-state index contributed by atoms with van der Waals surface area (Å²) in [6.45, 7) is 5.12. The van der Waals surface area contributed by atoms with E-state index in [1.807, 2.05) is 0 Å². The highest BCUT2D eigenvalue weighted by Gasteiger charge is 2.56. The quantitative estimate of drug-likeness (QED) is 0.642. The molecule has 8 atom stereocenters. The van der Waals surface area contributed by atoms with Gasteiger partial charge >= 0.3 is 0 Å². The molecule has 5 aliphatic rings. The summed E-state index contributed by atoms with van der Waals surface area (Å²) in [6.07, 6.45) is 17.0. The van der Waals surface area contributed by atoms with Crippen molar-refractivity contribution in [1.82, 2.24) is 0 Å². The van der Waals surface area contributed by atoms with Gasteiger partial charge in [0.15, 0.2) is 0 Å². The average Bonchev–Trinajstić information content (AvgIpc) is 3.27. The zero-order valence-electron chi connectivity index (χ0n) is 17.5. The van der Waals surface area contributed by atoms with Crippen molar-refractivity contribution < 1.29 is 10.2 Å². The van der Waals surface area contributed by atoms with Gasteiger partial charge in [0.2, 0.25) is 0 Å². The Balaban J connectivity index is 1.30. The minimum absolute atomic E-state index is 0.0732. The Morgan fingerprint density at radius 1 is 1.07 bits per heavy atom. The molecule has 0 bridgehead atoms. The Bertz CT molecular complexity index is 605. The first-order chi connectivity index (χ1) is 12.9. The molecular formula is C25H40O2. The summed E-state index contributed by atoms with van der Waals surface area (Å²) in [5.74, 6) is 5.13. The van der Waals surface area contributed by atoms with Gasteiger partial charge in [-0.3, -0.25) is 0 Å². The van der Waals surface area contributed by atoms with E-state index in [0.29, 0.717) is 5.41 Å². The highest BCUT2D eigenvalue weighted by molar-refractivity contribution is 5.20. The number of fused-ring (bicyclic) bond motifs is 5. The lowest BCUT2D eigenvalue weighted by molar-refractivity contribution is -0.0306. The first-order valence-electron chi connectivity index (χ1n) is 12.0. The molecule has 0 aromatic heterocycles. The monoisotopic (exact) mass is 372 g/mol. The van der Waals surface area contributed by atoms with Crippen LogP contribution in [0.1, 0.15) is 90.9 Å². The average molecular weight is 373 g/mol. The summed E-state index contributed by atoms with van der Waals surface area (Å²) in [5.41, 5.74) is 1.87. The van der Waals surface area contributed by atoms with E-state index in [1.165, 1.54) is 44.9 Å². The maximum Gasteiger partial charge on any atom is 0.0650 e. The Morgan fingerprint density at radius 3 is 2.67 bits per heavy atom. The minimum Gasteiger partial charge on any atom is -0.393 e. The van der Waals surface area contributed by atoms with Crippen LogP contribution in [-0.2, 0) is 0 Å². The summed E-state index contributed by atoms with van der Waals surface area (Å²) < 4.78 is 0. The van der Waals surface area contributed by atoms with Crippen molar-refractivity contribution in [1.29, 1.82) is 0 Å². The van der Waals surface area contributed by atoms with Crippen LogP contribution in [0.5, 0.6) is 0 Å². The van der Waals surface area contributed by atoms with Crippen LogP contribution < -0.4 is 0 Å². The van der Waals surface area contributed by atoms with Crippen molar-refractivity contribution in [3.63, 3.8) is 0 Å². The van der Waals surface area contributed by atoms with E-state index >= 15 is 0 Å². The Morgan fingerprint density at radius 2 is 1.89 bits per heavy atom. The highest BCUT2D eigenvalue weighted by Crippen LogP contribution is 2.65. The van der Waals surface area contributed by atoms with Gasteiger partial charge in [-0.15, -0.1) is 0 Å². The molecule has 27 heavy (non-hydrogen) atoms. The molecule has 2 N–H and O–H groups in total. The van der Waals surface area contributed by atoms with Crippen LogP contribution >= 0.6 is 0 Å². The minimum atomic E-state index is -0.277. The fraction of sp³-hybridized carbons (Fsp3) is 0.920. The zero-order chi connectivity index (χ0) is 18.8. The van der Waals surface area contributed by atoms with Gasteiger partial charge in [0.05, 0.1) is 11.7 Å². The van der Waals surface area contributed by atoms with Gasteiger partial charge in [-0.25, -0.2) is 0 Å². The van der Waals surface area contributed by atoms with Gasteiger partial charge in [-0.05, 0) is 118 Å². The molecule has 0 saturated heterocycles. The molecule has 5 aliphatic carbocycles. The number of rotatable bonds is 4. The fourth-order valence-corrected chi connectivity index (χ4v) is 8.32. The third kappa shape index (κ3) is 3.14. The lowest BCUT2D eigenvalue weighted by Gasteiger charge is -2.54. The molecule has 5 rings (SSSR count). The van der Waals surface area contributed by atoms with Gasteiger partial charge in [0.1, 0.15) is 0 Å². The van der Waals surface area contributed by atoms with Crippen molar-refractivity contribution in [3.05, 3.63) is 11.6 Å². The lowest BCUT2D eigenvalue weighted by atomic mass is 9.51. The predicted molar refractivity (Wildman–Crippen MR) is 109 cm³/mol. The highest BCUT2D eigenvalue weighted by atomic mass is 16.3. The van der Waals surface area contributed by atoms with Gasteiger partial charge in [0.25, 0.3) is 0 Å². The van der Waals surface area contributed by atoms with Crippen LogP contribution in [0, 0.1) is 40.9 Å². The van der Waals surface area contributed by atoms with E-state index in [0.717, 1.165) is 67.6 Å². The molecule has 0 heterocycles. The summed E-state index contributed by atoms with van der Waals surface area (Å²) in [4.78, 5) is 0. The molecule has 0 aromatic rings. The zero-order valence-corrected chi connectivity index (χ0v) is 17.5. The topological polar surface area (TPSA) is 40.5 Å². The first-order valence-corrected chi connectivity index (χ1v) is 12.0. The molecule has 0 unspecified atom stereocenters. The van der Waals surface area contributed by atoms with Crippen molar-refractivity contribution in [2.45, 2.75) is 103 Å². The largest absolute Gasteiger partial charge is 0.393 e. The second-order valence-electron chi connectivity index (χ2n) is 11.5. The second-order valence-corrected chi connectivity index (χ2v) is 11.5. The molecule has 0 radical (unpaired) electrons. The smallest absolute Gasteiger partial charge is 0.0650 e. The van der Waals surface area contributed by atoms with Gasteiger partial charge in [-0.2, -0.15) is 0 Å². The molecule has 2 heteroatoms. The Hall–Kier alpha value is -0.340. The van der Waals surface area contributed by atoms with Crippen molar-refractivity contribution in [3.8, 4) is 0 Å². The summed E-state index contributed by atoms with van der Waals surface area (Å²) in [5, 5.41) is 20.4. The van der Waals surface area contributed by atoms with Crippen LogP contribution in [0.15, 0.2) is 11.6 Å². The van der Waals surface area contributed by atoms with E-state index in [1.54, 1.807) is 5.57 Å². The second kappa shape index (κ2) is 6.59. The summed E-state index contributed by atoms with van der Waals surface area (Å²) >= 11 is 0. The Labute approximate surface area is 165 Å². The first kappa shape index (κ1) is 18.7. The molecule has 0 aliphatic heterocycles. The van der Waals surface area contributed by atoms with Gasteiger partial charge in [0, 0.05) is 0 Å². The van der Waals surface area contributed by atoms with Crippen LogP contribution in [0.4, 0.5) is 0 Å². The lowest BCUT2D eigenvalue weighted by Crippen LogP contribution is -2.47. The van der Waals surface area contributed by atoms with E-state index in [9.17, 15) is 10.2 Å². The van der Waals surface area contributed by atoms with Crippen molar-refractivity contribution in [2.75, 3.05) is 0 Å².